The minimum absolute atomic E-state index is 0.0665. The van der Waals surface area contributed by atoms with Gasteiger partial charge in [0.25, 0.3) is 5.69 Å². The highest BCUT2D eigenvalue weighted by Gasteiger charge is 2.09. The lowest BCUT2D eigenvalue weighted by molar-refractivity contribution is -0.384. The summed E-state index contributed by atoms with van der Waals surface area (Å²) in [5, 5.41) is 20.3. The molecule has 0 bridgehead atoms. The molecule has 0 N–H and O–H groups in total. The number of halogens is 1. The first kappa shape index (κ1) is 18.8. The molecule has 138 valence electrons. The Bertz CT molecular complexity index is 1050. The number of nitrogens with zero attached hydrogens (tertiary/aromatic N) is 2. The first-order chi connectivity index (χ1) is 13.5. The summed E-state index contributed by atoms with van der Waals surface area (Å²) < 4.78 is 18.6. The van der Waals surface area contributed by atoms with Gasteiger partial charge in [0.15, 0.2) is 0 Å². The van der Waals surface area contributed by atoms with Gasteiger partial charge in [0.2, 0.25) is 0 Å². The van der Waals surface area contributed by atoms with Crippen molar-refractivity contribution in [2.24, 2.45) is 0 Å². The fraction of sp³-hybridized carbons (Fsp3) is 0.0455. The average molecular weight is 374 g/mol. The molecule has 0 aliphatic heterocycles. The lowest BCUT2D eigenvalue weighted by Crippen LogP contribution is -1.95. The van der Waals surface area contributed by atoms with Crippen molar-refractivity contribution in [2.75, 3.05) is 0 Å². The van der Waals surface area contributed by atoms with Crippen LogP contribution in [0.25, 0.3) is 11.6 Å². The summed E-state index contributed by atoms with van der Waals surface area (Å²) >= 11 is 0. The molecule has 3 aromatic carbocycles. The summed E-state index contributed by atoms with van der Waals surface area (Å²) in [6, 6.07) is 21.2. The van der Waals surface area contributed by atoms with Crippen molar-refractivity contribution in [1.82, 2.24) is 0 Å². The van der Waals surface area contributed by atoms with Gasteiger partial charge in [0, 0.05) is 12.1 Å². The van der Waals surface area contributed by atoms with Gasteiger partial charge < -0.3 is 4.74 Å². The summed E-state index contributed by atoms with van der Waals surface area (Å²) in [5.74, 6) is 0.340. The Morgan fingerprint density at radius 1 is 1.11 bits per heavy atom. The standard InChI is InChI=1S/C22H15FN2O3/c23-20-8-4-17(5-9-20)15-28-22-10-6-16(7-11-22)12-19(14-24)18-2-1-3-21(13-18)25(26)27/h1-13H,15H2/b19-12-. The van der Waals surface area contributed by atoms with E-state index in [0.717, 1.165) is 11.1 Å². The Hall–Kier alpha value is -3.98. The van der Waals surface area contributed by atoms with Crippen LogP contribution in [0.15, 0.2) is 72.8 Å². The molecule has 0 amide bonds. The maximum Gasteiger partial charge on any atom is 0.270 e. The molecule has 5 nitrogen and oxygen atoms in total. The molecule has 0 atom stereocenters. The molecule has 3 rings (SSSR count). The SMILES string of the molecule is N#C/C(=C/c1ccc(OCc2ccc(F)cc2)cc1)c1cccc([N+](=O)[O-])c1. The molecule has 0 aromatic heterocycles. The quantitative estimate of drug-likeness (QED) is 0.251. The van der Waals surface area contributed by atoms with Gasteiger partial charge >= 0.3 is 0 Å². The fourth-order valence-electron chi connectivity index (χ4n) is 2.54. The van der Waals surface area contributed by atoms with Crippen molar-refractivity contribution >= 4 is 17.3 Å². The van der Waals surface area contributed by atoms with E-state index in [0.29, 0.717) is 23.5 Å². The number of non-ortho nitro benzene ring substituents is 1. The average Bonchev–Trinajstić information content (AvgIpc) is 2.72. The number of nitro benzene ring substituents is 1. The Kier molecular flexibility index (Phi) is 5.78. The molecule has 0 aliphatic rings. The Balaban J connectivity index is 1.73. The smallest absolute Gasteiger partial charge is 0.270 e. The van der Waals surface area contributed by atoms with Gasteiger partial charge in [-0.2, -0.15) is 5.26 Å². The molecule has 0 saturated heterocycles. The van der Waals surface area contributed by atoms with Crippen LogP contribution in [0, 0.1) is 27.3 Å². The number of hydrogen-bond acceptors (Lipinski definition) is 4. The van der Waals surface area contributed by atoms with E-state index < -0.39 is 4.92 Å². The van der Waals surface area contributed by atoms with Crippen molar-refractivity contribution < 1.29 is 14.1 Å². The fourth-order valence-corrected chi connectivity index (χ4v) is 2.54. The minimum atomic E-state index is -0.494. The van der Waals surface area contributed by atoms with Crippen LogP contribution in [0.1, 0.15) is 16.7 Å². The molecule has 0 spiro atoms. The van der Waals surface area contributed by atoms with E-state index in [2.05, 4.69) is 6.07 Å². The minimum Gasteiger partial charge on any atom is -0.489 e. The summed E-state index contributed by atoms with van der Waals surface area (Å²) in [6.07, 6.45) is 1.66. The van der Waals surface area contributed by atoms with E-state index in [4.69, 9.17) is 4.74 Å². The normalized spacial score (nSPS) is 10.9. The zero-order valence-electron chi connectivity index (χ0n) is 14.7. The van der Waals surface area contributed by atoms with Crippen molar-refractivity contribution in [3.63, 3.8) is 0 Å². The molecule has 0 radical (unpaired) electrons. The summed E-state index contributed by atoms with van der Waals surface area (Å²) in [6.45, 7) is 0.312. The third kappa shape index (κ3) is 4.80. The number of rotatable bonds is 6. The second-order valence-electron chi connectivity index (χ2n) is 5.96. The van der Waals surface area contributed by atoms with Crippen LogP contribution in [0.5, 0.6) is 5.75 Å². The number of hydrogen-bond donors (Lipinski definition) is 0. The maximum absolute atomic E-state index is 12.9. The molecular formula is C22H15FN2O3. The zero-order chi connectivity index (χ0) is 19.9. The predicted octanol–water partition coefficient (Wildman–Crippen LogP) is 5.38. The van der Waals surface area contributed by atoms with E-state index in [1.54, 1.807) is 54.6 Å². The van der Waals surface area contributed by atoms with Crippen molar-refractivity contribution in [2.45, 2.75) is 6.61 Å². The number of benzene rings is 3. The van der Waals surface area contributed by atoms with Gasteiger partial charge in [0.1, 0.15) is 18.2 Å². The van der Waals surface area contributed by atoms with E-state index in [1.807, 2.05) is 0 Å². The summed E-state index contributed by atoms with van der Waals surface area (Å²) in [4.78, 5) is 10.4. The van der Waals surface area contributed by atoms with Crippen molar-refractivity contribution in [3.8, 4) is 11.8 Å². The van der Waals surface area contributed by atoms with E-state index >= 15 is 0 Å². The van der Waals surface area contributed by atoms with Crippen LogP contribution in [0.4, 0.5) is 10.1 Å². The van der Waals surface area contributed by atoms with Crippen LogP contribution in [0.2, 0.25) is 0 Å². The largest absolute Gasteiger partial charge is 0.489 e. The van der Waals surface area contributed by atoms with Crippen LogP contribution in [-0.4, -0.2) is 4.92 Å². The second-order valence-corrected chi connectivity index (χ2v) is 5.96. The van der Waals surface area contributed by atoms with Crippen molar-refractivity contribution in [3.05, 3.63) is 105 Å². The van der Waals surface area contributed by atoms with Gasteiger partial charge in [-0.1, -0.05) is 36.4 Å². The predicted molar refractivity (Wildman–Crippen MR) is 104 cm³/mol. The lowest BCUT2D eigenvalue weighted by Gasteiger charge is -2.07. The molecule has 0 aliphatic carbocycles. The first-order valence-electron chi connectivity index (χ1n) is 8.39. The van der Waals surface area contributed by atoms with Gasteiger partial charge in [-0.05, 0) is 47.0 Å². The first-order valence-corrected chi connectivity index (χ1v) is 8.39. The Morgan fingerprint density at radius 3 is 2.46 bits per heavy atom. The van der Waals surface area contributed by atoms with Crippen LogP contribution >= 0.6 is 0 Å². The molecule has 6 heteroatoms. The lowest BCUT2D eigenvalue weighted by atomic mass is 10.0. The Labute approximate surface area is 161 Å². The van der Waals surface area contributed by atoms with Gasteiger partial charge in [-0.3, -0.25) is 10.1 Å². The second kappa shape index (κ2) is 8.60. The highest BCUT2D eigenvalue weighted by Crippen LogP contribution is 2.23. The molecule has 0 fully saturated rings. The topological polar surface area (TPSA) is 76.2 Å². The Morgan fingerprint density at radius 2 is 1.82 bits per heavy atom. The third-order valence-electron chi connectivity index (χ3n) is 4.00. The van der Waals surface area contributed by atoms with E-state index in [-0.39, 0.29) is 11.5 Å². The number of allylic oxidation sites excluding steroid dienone is 1. The number of nitriles is 1. The molecule has 0 unspecified atom stereocenters. The highest BCUT2D eigenvalue weighted by atomic mass is 19.1. The zero-order valence-corrected chi connectivity index (χ0v) is 14.7. The summed E-state index contributed by atoms with van der Waals surface area (Å²) in [5.41, 5.74) is 2.35. The number of nitro groups is 1. The third-order valence-corrected chi connectivity index (χ3v) is 4.00. The molecular weight excluding hydrogens is 359 g/mol. The monoisotopic (exact) mass is 374 g/mol. The van der Waals surface area contributed by atoms with E-state index in [9.17, 15) is 19.8 Å². The molecule has 0 heterocycles. The molecule has 3 aromatic rings. The molecule has 28 heavy (non-hydrogen) atoms. The highest BCUT2D eigenvalue weighted by molar-refractivity contribution is 5.90. The van der Waals surface area contributed by atoms with Crippen LogP contribution in [-0.2, 0) is 6.61 Å². The van der Waals surface area contributed by atoms with Crippen LogP contribution in [0.3, 0.4) is 0 Å². The number of ether oxygens (including phenoxy) is 1. The maximum atomic E-state index is 12.9. The van der Waals surface area contributed by atoms with E-state index in [1.165, 1.54) is 24.3 Å². The van der Waals surface area contributed by atoms with Crippen molar-refractivity contribution in [1.29, 1.82) is 5.26 Å². The summed E-state index contributed by atoms with van der Waals surface area (Å²) in [7, 11) is 0. The van der Waals surface area contributed by atoms with Gasteiger partial charge in [-0.25, -0.2) is 4.39 Å². The van der Waals surface area contributed by atoms with Crippen LogP contribution < -0.4 is 4.74 Å². The van der Waals surface area contributed by atoms with Gasteiger partial charge in [-0.15, -0.1) is 0 Å². The molecule has 0 saturated carbocycles. The van der Waals surface area contributed by atoms with Gasteiger partial charge in [0.05, 0.1) is 16.6 Å².